The molecule has 3 aromatic rings. The standard InChI is InChI=1S/C26H28O2.C3H8O2.C2H6/c1-20-18-25(28-21(20)2)19-27-26(22-12-6-3-7-13-22,23-14-8-4-9-15-23)24-16-10-5-11-17-24;1-3(2,4)5;1-2/h3-17,20-21,25H,18-19H2,1-2H3;4-5H,1-2H3;1-2H3/t20?,21?,25-;;/m0../s1. The molecule has 190 valence electrons. The van der Waals surface area contributed by atoms with Crippen molar-refractivity contribution < 1.29 is 19.7 Å². The molecule has 1 aliphatic rings. The molecule has 0 radical (unpaired) electrons. The van der Waals surface area contributed by atoms with Crippen molar-refractivity contribution in [1.82, 2.24) is 0 Å². The molecule has 1 fully saturated rings. The molecule has 1 heterocycles. The van der Waals surface area contributed by atoms with Gasteiger partial charge in [0.15, 0.2) is 5.79 Å². The van der Waals surface area contributed by atoms with E-state index < -0.39 is 11.4 Å². The molecule has 3 aromatic carbocycles. The normalized spacial score (nSPS) is 19.7. The predicted molar refractivity (Wildman–Crippen MR) is 143 cm³/mol. The summed E-state index contributed by atoms with van der Waals surface area (Å²) in [7, 11) is 0. The van der Waals surface area contributed by atoms with Crippen molar-refractivity contribution in [2.45, 2.75) is 71.6 Å². The van der Waals surface area contributed by atoms with Gasteiger partial charge >= 0.3 is 0 Å². The fraction of sp³-hybridized carbons (Fsp3) is 0.419. The highest BCUT2D eigenvalue weighted by Gasteiger charge is 2.39. The fourth-order valence-electron chi connectivity index (χ4n) is 4.19. The molecule has 0 aliphatic carbocycles. The summed E-state index contributed by atoms with van der Waals surface area (Å²) in [6.07, 6.45) is 1.45. The van der Waals surface area contributed by atoms with E-state index in [-0.39, 0.29) is 12.2 Å². The Morgan fingerprint density at radius 3 is 1.37 bits per heavy atom. The van der Waals surface area contributed by atoms with E-state index in [2.05, 4.69) is 86.6 Å². The molecule has 4 rings (SSSR count). The summed E-state index contributed by atoms with van der Waals surface area (Å²) in [4.78, 5) is 0. The first-order valence-corrected chi connectivity index (χ1v) is 12.6. The highest BCUT2D eigenvalue weighted by Crippen LogP contribution is 2.41. The van der Waals surface area contributed by atoms with Crippen LogP contribution >= 0.6 is 0 Å². The topological polar surface area (TPSA) is 58.9 Å². The Hall–Kier alpha value is -2.50. The summed E-state index contributed by atoms with van der Waals surface area (Å²) in [5, 5.41) is 16.2. The van der Waals surface area contributed by atoms with Crippen LogP contribution in [0.1, 0.15) is 64.7 Å². The minimum absolute atomic E-state index is 0.125. The number of ether oxygens (including phenoxy) is 2. The highest BCUT2D eigenvalue weighted by molar-refractivity contribution is 5.47. The lowest BCUT2D eigenvalue weighted by molar-refractivity contribution is -0.127. The Kier molecular flexibility index (Phi) is 11.1. The van der Waals surface area contributed by atoms with Crippen molar-refractivity contribution in [2.75, 3.05) is 6.61 Å². The molecule has 4 heteroatoms. The van der Waals surface area contributed by atoms with Gasteiger partial charge in [0, 0.05) is 0 Å². The third-order valence-electron chi connectivity index (χ3n) is 5.87. The van der Waals surface area contributed by atoms with Crippen LogP contribution in [0.25, 0.3) is 0 Å². The zero-order chi connectivity index (χ0) is 25.9. The summed E-state index contributed by atoms with van der Waals surface area (Å²) >= 11 is 0. The molecular weight excluding hydrogens is 436 g/mol. The molecule has 0 amide bonds. The number of aliphatic hydroxyl groups is 2. The summed E-state index contributed by atoms with van der Waals surface area (Å²) in [5.74, 6) is -0.937. The summed E-state index contributed by atoms with van der Waals surface area (Å²) in [6, 6.07) is 31.5. The SMILES string of the molecule is CC.CC(C)(O)O.CC1C[C@@H](COC(c2ccccc2)(c2ccccc2)c2ccccc2)OC1C. The van der Waals surface area contributed by atoms with E-state index in [0.29, 0.717) is 12.5 Å². The van der Waals surface area contributed by atoms with Crippen molar-refractivity contribution in [1.29, 1.82) is 0 Å². The van der Waals surface area contributed by atoms with Crippen LogP contribution in [0.15, 0.2) is 91.0 Å². The van der Waals surface area contributed by atoms with Gasteiger partial charge in [-0.1, -0.05) is 112 Å². The Morgan fingerprint density at radius 1 is 0.743 bits per heavy atom. The Labute approximate surface area is 211 Å². The van der Waals surface area contributed by atoms with E-state index in [1.807, 2.05) is 32.0 Å². The van der Waals surface area contributed by atoms with Crippen LogP contribution < -0.4 is 0 Å². The van der Waals surface area contributed by atoms with Gasteiger partial charge in [0.1, 0.15) is 5.60 Å². The van der Waals surface area contributed by atoms with Crippen LogP contribution in [-0.4, -0.2) is 34.8 Å². The second-order valence-electron chi connectivity index (χ2n) is 9.26. The molecule has 1 saturated heterocycles. The fourth-order valence-corrected chi connectivity index (χ4v) is 4.19. The summed E-state index contributed by atoms with van der Waals surface area (Å²) in [5.41, 5.74) is 2.73. The largest absolute Gasteiger partial charge is 0.373 e. The van der Waals surface area contributed by atoms with E-state index in [0.717, 1.165) is 23.1 Å². The van der Waals surface area contributed by atoms with Crippen LogP contribution in [0.2, 0.25) is 0 Å². The second-order valence-corrected chi connectivity index (χ2v) is 9.26. The molecule has 0 bridgehead atoms. The van der Waals surface area contributed by atoms with Crippen molar-refractivity contribution in [2.24, 2.45) is 5.92 Å². The molecule has 0 aromatic heterocycles. The maximum Gasteiger partial charge on any atom is 0.156 e. The number of benzene rings is 3. The van der Waals surface area contributed by atoms with Crippen LogP contribution in [0.4, 0.5) is 0 Å². The van der Waals surface area contributed by atoms with Gasteiger partial charge in [0.05, 0.1) is 18.8 Å². The lowest BCUT2D eigenvalue weighted by Crippen LogP contribution is -2.35. The average molecular weight is 479 g/mol. The van der Waals surface area contributed by atoms with E-state index in [4.69, 9.17) is 19.7 Å². The smallest absolute Gasteiger partial charge is 0.156 e. The molecule has 4 nitrogen and oxygen atoms in total. The van der Waals surface area contributed by atoms with Gasteiger partial charge in [0.2, 0.25) is 0 Å². The van der Waals surface area contributed by atoms with Gasteiger partial charge in [0.25, 0.3) is 0 Å². The average Bonchev–Trinajstić information content (AvgIpc) is 3.19. The van der Waals surface area contributed by atoms with Gasteiger partial charge in [-0.15, -0.1) is 0 Å². The maximum atomic E-state index is 8.08. The lowest BCUT2D eigenvalue weighted by atomic mass is 9.80. The predicted octanol–water partition coefficient (Wildman–Crippen LogP) is 6.54. The van der Waals surface area contributed by atoms with Gasteiger partial charge in [-0.3, -0.25) is 0 Å². The molecule has 0 spiro atoms. The number of hydrogen-bond acceptors (Lipinski definition) is 4. The molecular formula is C31H42O4. The lowest BCUT2D eigenvalue weighted by Gasteiger charge is -2.36. The number of hydrogen-bond donors (Lipinski definition) is 2. The van der Waals surface area contributed by atoms with Gasteiger partial charge in [-0.25, -0.2) is 0 Å². The maximum absolute atomic E-state index is 8.08. The van der Waals surface area contributed by atoms with Crippen LogP contribution in [0, 0.1) is 5.92 Å². The minimum Gasteiger partial charge on any atom is -0.373 e. The summed E-state index contributed by atoms with van der Waals surface area (Å²) < 4.78 is 13.0. The van der Waals surface area contributed by atoms with Crippen molar-refractivity contribution in [3.8, 4) is 0 Å². The molecule has 0 saturated carbocycles. The van der Waals surface area contributed by atoms with Crippen LogP contribution in [0.5, 0.6) is 0 Å². The monoisotopic (exact) mass is 478 g/mol. The van der Waals surface area contributed by atoms with Crippen LogP contribution in [0.3, 0.4) is 0 Å². The quantitative estimate of drug-likeness (QED) is 0.312. The van der Waals surface area contributed by atoms with Gasteiger partial charge in [-0.05, 0) is 49.8 Å². The zero-order valence-electron chi connectivity index (χ0n) is 22.0. The highest BCUT2D eigenvalue weighted by atomic mass is 16.6. The van der Waals surface area contributed by atoms with Crippen LogP contribution in [-0.2, 0) is 15.1 Å². The van der Waals surface area contributed by atoms with Crippen molar-refractivity contribution >= 4 is 0 Å². The third-order valence-corrected chi connectivity index (χ3v) is 5.87. The first kappa shape index (κ1) is 28.7. The van der Waals surface area contributed by atoms with Crippen molar-refractivity contribution in [3.63, 3.8) is 0 Å². The minimum atomic E-state index is -1.50. The van der Waals surface area contributed by atoms with Gasteiger partial charge < -0.3 is 19.7 Å². The molecule has 2 N–H and O–H groups in total. The summed E-state index contributed by atoms with van der Waals surface area (Å²) in [6.45, 7) is 11.6. The Morgan fingerprint density at radius 2 is 1.09 bits per heavy atom. The molecule has 35 heavy (non-hydrogen) atoms. The molecule has 1 aliphatic heterocycles. The first-order chi connectivity index (χ1) is 16.7. The van der Waals surface area contributed by atoms with E-state index in [9.17, 15) is 0 Å². The Balaban J connectivity index is 0.000000551. The second kappa shape index (κ2) is 13.6. The zero-order valence-corrected chi connectivity index (χ0v) is 22.0. The Bertz CT molecular complexity index is 839. The first-order valence-electron chi connectivity index (χ1n) is 12.6. The third kappa shape index (κ3) is 8.29. The number of rotatable bonds is 6. The van der Waals surface area contributed by atoms with Crippen molar-refractivity contribution in [3.05, 3.63) is 108 Å². The van der Waals surface area contributed by atoms with E-state index >= 15 is 0 Å². The molecule has 3 atom stereocenters. The van der Waals surface area contributed by atoms with E-state index in [1.54, 1.807) is 0 Å². The van der Waals surface area contributed by atoms with E-state index in [1.165, 1.54) is 13.8 Å². The van der Waals surface area contributed by atoms with Gasteiger partial charge in [-0.2, -0.15) is 0 Å². The molecule has 2 unspecified atom stereocenters.